The third kappa shape index (κ3) is 65.3. The molecule has 0 fully saturated rings. The van der Waals surface area contributed by atoms with Gasteiger partial charge in [-0.05, 0) is 44.9 Å². The summed E-state index contributed by atoms with van der Waals surface area (Å²) >= 11 is 0. The molecule has 0 saturated heterocycles. The third-order valence-corrected chi connectivity index (χ3v) is 16.9. The molecule has 0 aliphatic rings. The fraction of sp³-hybridized carbons (Fsp3) is 0.904. The number of unbranched alkanes of at least 4 members (excludes halogenated alkanes) is 56. The first-order valence-corrected chi connectivity index (χ1v) is 35.7. The number of allylic oxidation sites excluding steroid dienone is 5. The van der Waals surface area contributed by atoms with E-state index in [1.165, 1.54) is 347 Å². The van der Waals surface area contributed by atoms with E-state index in [-0.39, 0.29) is 12.5 Å². The maximum absolute atomic E-state index is 12.5. The summed E-state index contributed by atoms with van der Waals surface area (Å²) in [5.41, 5.74) is 0. The Hall–Kier alpha value is -1.39. The molecule has 0 spiro atoms. The number of aliphatic hydroxyl groups is 2. The molecule has 4 nitrogen and oxygen atoms in total. The van der Waals surface area contributed by atoms with Gasteiger partial charge in [-0.3, -0.25) is 4.79 Å². The second kappa shape index (κ2) is 68.9. The fourth-order valence-electron chi connectivity index (χ4n) is 11.5. The second-order valence-electron chi connectivity index (χ2n) is 24.6. The van der Waals surface area contributed by atoms with Crippen LogP contribution in [0.15, 0.2) is 36.5 Å². The Morgan fingerprint density at radius 1 is 0.299 bits per heavy atom. The van der Waals surface area contributed by atoms with Crippen LogP contribution < -0.4 is 5.32 Å². The van der Waals surface area contributed by atoms with E-state index >= 15 is 0 Å². The van der Waals surface area contributed by atoms with Gasteiger partial charge in [0.05, 0.1) is 18.8 Å². The Balaban J connectivity index is 3.45. The van der Waals surface area contributed by atoms with Gasteiger partial charge in [-0.1, -0.05) is 391 Å². The standard InChI is InChI=1S/C73H141NO3/c1-3-5-7-9-11-13-15-17-19-21-23-25-27-29-31-33-35-37-39-41-43-45-47-49-51-53-55-57-59-61-63-65-67-69-73(77)74-71(70-75)72(76)68-66-64-62-60-58-56-54-52-50-48-46-44-42-40-38-36-34-32-30-28-26-24-22-20-18-16-14-12-10-8-6-4-2/h50,52,58,60,66,68,71-72,75-76H,3-49,51,53-57,59,61-65,67,69-70H2,1-2H3,(H,74,77)/b52-50+,60-58+,68-66+. The van der Waals surface area contributed by atoms with E-state index in [2.05, 4.69) is 43.5 Å². The monoisotopic (exact) mass is 1080 g/mol. The first kappa shape index (κ1) is 75.6. The smallest absolute Gasteiger partial charge is 0.220 e. The molecule has 0 bridgehead atoms. The van der Waals surface area contributed by atoms with Gasteiger partial charge in [0.2, 0.25) is 5.91 Å². The molecule has 2 atom stereocenters. The van der Waals surface area contributed by atoms with Gasteiger partial charge in [-0.15, -0.1) is 0 Å². The van der Waals surface area contributed by atoms with E-state index in [0.29, 0.717) is 6.42 Å². The Labute approximate surface area is 484 Å². The summed E-state index contributed by atoms with van der Waals surface area (Å²) < 4.78 is 0. The normalized spacial score (nSPS) is 12.8. The predicted octanol–water partition coefficient (Wildman–Crippen LogP) is 24.3. The highest BCUT2D eigenvalue weighted by molar-refractivity contribution is 5.76. The molecule has 0 aromatic carbocycles. The molecule has 456 valence electrons. The van der Waals surface area contributed by atoms with Crippen LogP contribution >= 0.6 is 0 Å². The van der Waals surface area contributed by atoms with Crippen molar-refractivity contribution in [1.29, 1.82) is 0 Å². The zero-order valence-electron chi connectivity index (χ0n) is 52.8. The van der Waals surface area contributed by atoms with Crippen LogP contribution in [0.5, 0.6) is 0 Å². The fourth-order valence-corrected chi connectivity index (χ4v) is 11.5. The lowest BCUT2D eigenvalue weighted by atomic mass is 10.0. The largest absolute Gasteiger partial charge is 0.394 e. The average Bonchev–Trinajstić information content (AvgIpc) is 3.43. The summed E-state index contributed by atoms with van der Waals surface area (Å²) in [5.74, 6) is -0.0692. The second-order valence-corrected chi connectivity index (χ2v) is 24.6. The molecule has 0 saturated carbocycles. The highest BCUT2D eigenvalue weighted by Gasteiger charge is 2.18. The molecule has 3 N–H and O–H groups in total. The Morgan fingerprint density at radius 3 is 0.753 bits per heavy atom. The zero-order valence-corrected chi connectivity index (χ0v) is 52.8. The minimum atomic E-state index is -0.871. The van der Waals surface area contributed by atoms with Crippen LogP contribution in [-0.4, -0.2) is 34.9 Å². The molecule has 4 heteroatoms. The van der Waals surface area contributed by atoms with E-state index in [0.717, 1.165) is 38.5 Å². The molecule has 0 aromatic rings. The van der Waals surface area contributed by atoms with Crippen molar-refractivity contribution < 1.29 is 15.0 Å². The van der Waals surface area contributed by atoms with E-state index in [1.54, 1.807) is 6.08 Å². The van der Waals surface area contributed by atoms with Crippen molar-refractivity contribution >= 4 is 5.91 Å². The van der Waals surface area contributed by atoms with Crippen LogP contribution in [0, 0.1) is 0 Å². The molecule has 0 radical (unpaired) electrons. The highest BCUT2D eigenvalue weighted by Crippen LogP contribution is 2.19. The molecule has 1 amide bonds. The number of carbonyl (C=O) groups excluding carboxylic acids is 1. The molecular formula is C73H141NO3. The quantitative estimate of drug-likeness (QED) is 0.0420. The number of aliphatic hydroxyl groups excluding tert-OH is 2. The average molecular weight is 1080 g/mol. The van der Waals surface area contributed by atoms with E-state index < -0.39 is 12.1 Å². The van der Waals surface area contributed by atoms with Gasteiger partial charge in [0, 0.05) is 6.42 Å². The SMILES string of the molecule is CCCCCCCCCCCCCCCCCCCCCCCC/C=C/CC/C=C/CC/C=C/C(O)C(CO)NC(=O)CCCCCCCCCCCCCCCCCCCCCCCCCCCCCCCCCCC. The van der Waals surface area contributed by atoms with Crippen LogP contribution in [0.25, 0.3) is 0 Å². The first-order valence-electron chi connectivity index (χ1n) is 35.7. The van der Waals surface area contributed by atoms with Crippen molar-refractivity contribution in [2.75, 3.05) is 6.61 Å². The van der Waals surface area contributed by atoms with Crippen molar-refractivity contribution in [1.82, 2.24) is 5.32 Å². The van der Waals surface area contributed by atoms with Crippen molar-refractivity contribution in [3.63, 3.8) is 0 Å². The van der Waals surface area contributed by atoms with E-state index in [9.17, 15) is 15.0 Å². The lowest BCUT2D eigenvalue weighted by molar-refractivity contribution is -0.123. The number of nitrogens with one attached hydrogen (secondary N) is 1. The molecule has 0 aliphatic carbocycles. The number of carbonyl (C=O) groups is 1. The first-order chi connectivity index (χ1) is 38.2. The van der Waals surface area contributed by atoms with Crippen molar-refractivity contribution in [2.45, 2.75) is 418 Å². The van der Waals surface area contributed by atoms with Gasteiger partial charge in [0.1, 0.15) is 0 Å². The van der Waals surface area contributed by atoms with Crippen LogP contribution in [0.2, 0.25) is 0 Å². The Bertz CT molecular complexity index is 1180. The van der Waals surface area contributed by atoms with Crippen LogP contribution in [0.1, 0.15) is 406 Å². The van der Waals surface area contributed by atoms with Crippen LogP contribution in [0.4, 0.5) is 0 Å². The summed E-state index contributed by atoms with van der Waals surface area (Å²) in [4.78, 5) is 12.5. The number of hydrogen-bond donors (Lipinski definition) is 3. The van der Waals surface area contributed by atoms with Crippen LogP contribution in [-0.2, 0) is 4.79 Å². The molecular weight excluding hydrogens is 939 g/mol. The molecule has 0 aliphatic heterocycles. The van der Waals surface area contributed by atoms with Crippen LogP contribution in [0.3, 0.4) is 0 Å². The number of rotatable bonds is 67. The maximum Gasteiger partial charge on any atom is 0.220 e. The molecule has 2 unspecified atom stereocenters. The maximum atomic E-state index is 12.5. The summed E-state index contributed by atoms with van der Waals surface area (Å²) in [7, 11) is 0. The molecule has 0 heterocycles. The molecule has 0 rings (SSSR count). The molecule has 77 heavy (non-hydrogen) atoms. The van der Waals surface area contributed by atoms with Gasteiger partial charge < -0.3 is 15.5 Å². The zero-order chi connectivity index (χ0) is 55.5. The molecule has 0 aromatic heterocycles. The minimum absolute atomic E-state index is 0.0692. The Kier molecular flexibility index (Phi) is 67.6. The summed E-state index contributed by atoms with van der Waals surface area (Å²) in [5, 5.41) is 23.3. The van der Waals surface area contributed by atoms with Gasteiger partial charge in [-0.25, -0.2) is 0 Å². The minimum Gasteiger partial charge on any atom is -0.394 e. The third-order valence-electron chi connectivity index (χ3n) is 16.9. The van der Waals surface area contributed by atoms with Gasteiger partial charge >= 0.3 is 0 Å². The lowest BCUT2D eigenvalue weighted by Gasteiger charge is -2.19. The van der Waals surface area contributed by atoms with Gasteiger partial charge in [-0.2, -0.15) is 0 Å². The van der Waals surface area contributed by atoms with E-state index in [1.807, 2.05) is 6.08 Å². The number of hydrogen-bond acceptors (Lipinski definition) is 3. The summed E-state index contributed by atoms with van der Waals surface area (Å²) in [6.07, 6.45) is 95.4. The predicted molar refractivity (Wildman–Crippen MR) is 345 cm³/mol. The highest BCUT2D eigenvalue weighted by atomic mass is 16.3. The van der Waals surface area contributed by atoms with Crippen molar-refractivity contribution in [2.24, 2.45) is 0 Å². The topological polar surface area (TPSA) is 69.6 Å². The lowest BCUT2D eigenvalue weighted by Crippen LogP contribution is -2.45. The van der Waals surface area contributed by atoms with Crippen molar-refractivity contribution in [3.05, 3.63) is 36.5 Å². The van der Waals surface area contributed by atoms with Gasteiger partial charge in [0.15, 0.2) is 0 Å². The summed E-state index contributed by atoms with van der Waals surface area (Å²) in [6.45, 7) is 4.35. The van der Waals surface area contributed by atoms with E-state index in [4.69, 9.17) is 0 Å². The number of amides is 1. The Morgan fingerprint density at radius 2 is 0.506 bits per heavy atom. The van der Waals surface area contributed by atoms with Crippen molar-refractivity contribution in [3.8, 4) is 0 Å². The van der Waals surface area contributed by atoms with Gasteiger partial charge in [0.25, 0.3) is 0 Å². The summed E-state index contributed by atoms with van der Waals surface area (Å²) in [6, 6.07) is -0.646.